The summed E-state index contributed by atoms with van der Waals surface area (Å²) in [6.45, 7) is 5.06. The maximum absolute atomic E-state index is 12.2. The van der Waals surface area contributed by atoms with Crippen molar-refractivity contribution in [1.82, 2.24) is 4.90 Å². The zero-order valence-electron chi connectivity index (χ0n) is 13.3. The number of hydrogen-bond donors (Lipinski definition) is 0. The minimum atomic E-state index is 0.290. The molecule has 1 aliphatic heterocycles. The Morgan fingerprint density at radius 2 is 1.59 bits per heavy atom. The molecule has 1 heterocycles. The van der Waals surface area contributed by atoms with Gasteiger partial charge in [0.25, 0.3) is 0 Å². The topological polar surface area (TPSA) is 20.3 Å². The van der Waals surface area contributed by atoms with Gasteiger partial charge in [0.05, 0.1) is 0 Å². The lowest BCUT2D eigenvalue weighted by Crippen LogP contribution is -2.42. The molecule has 0 bridgehead atoms. The molecule has 1 unspecified atom stereocenters. The number of rotatable bonds is 3. The van der Waals surface area contributed by atoms with Gasteiger partial charge >= 0.3 is 0 Å². The monoisotopic (exact) mass is 293 g/mol. The zero-order valence-corrected chi connectivity index (χ0v) is 13.3. The van der Waals surface area contributed by atoms with Crippen LogP contribution >= 0.6 is 0 Å². The summed E-state index contributed by atoms with van der Waals surface area (Å²) < 4.78 is 0. The summed E-state index contributed by atoms with van der Waals surface area (Å²) in [4.78, 5) is 14.2. The van der Waals surface area contributed by atoms with Crippen LogP contribution in [0.3, 0.4) is 0 Å². The second kappa shape index (κ2) is 6.35. The van der Waals surface area contributed by atoms with E-state index in [2.05, 4.69) is 62.4 Å². The van der Waals surface area contributed by atoms with Crippen molar-refractivity contribution in [2.24, 2.45) is 0 Å². The molecular weight excluding hydrogens is 270 g/mol. The molecule has 114 valence electrons. The summed E-state index contributed by atoms with van der Waals surface area (Å²) in [6.07, 6.45) is 1.71. The van der Waals surface area contributed by atoms with E-state index in [0.717, 1.165) is 13.0 Å². The Balaban J connectivity index is 1.73. The highest BCUT2D eigenvalue weighted by Gasteiger charge is 2.28. The van der Waals surface area contributed by atoms with Gasteiger partial charge in [0, 0.05) is 19.0 Å². The molecule has 1 saturated heterocycles. The fourth-order valence-corrected chi connectivity index (χ4v) is 3.26. The highest BCUT2D eigenvalue weighted by atomic mass is 16.2. The Hall–Kier alpha value is -2.09. The third kappa shape index (κ3) is 3.06. The second-order valence-electron chi connectivity index (χ2n) is 6.36. The summed E-state index contributed by atoms with van der Waals surface area (Å²) in [5.74, 6) is 0.658. The average molecular weight is 293 g/mol. The van der Waals surface area contributed by atoms with Gasteiger partial charge in [-0.1, -0.05) is 54.6 Å². The lowest BCUT2D eigenvalue weighted by molar-refractivity contribution is -0.135. The van der Waals surface area contributed by atoms with Gasteiger partial charge in [-0.15, -0.1) is 0 Å². The van der Waals surface area contributed by atoms with Crippen LogP contribution in [0.15, 0.2) is 54.6 Å². The largest absolute Gasteiger partial charge is 0.340 e. The van der Waals surface area contributed by atoms with Crippen LogP contribution in [-0.4, -0.2) is 23.4 Å². The van der Waals surface area contributed by atoms with Crippen LogP contribution in [-0.2, 0) is 4.79 Å². The molecule has 0 N–H and O–H groups in total. The van der Waals surface area contributed by atoms with Crippen molar-refractivity contribution in [2.45, 2.75) is 38.6 Å². The molecule has 2 heteroatoms. The minimum Gasteiger partial charge on any atom is -0.340 e. The van der Waals surface area contributed by atoms with E-state index < -0.39 is 0 Å². The van der Waals surface area contributed by atoms with Crippen LogP contribution in [0, 0.1) is 0 Å². The zero-order chi connectivity index (χ0) is 15.5. The number of piperidine rings is 1. The molecule has 2 nitrogen and oxygen atoms in total. The average Bonchev–Trinajstić information content (AvgIpc) is 2.55. The molecule has 3 rings (SSSR count). The van der Waals surface area contributed by atoms with E-state index in [1.54, 1.807) is 0 Å². The van der Waals surface area contributed by atoms with Crippen molar-refractivity contribution in [3.63, 3.8) is 0 Å². The molecule has 0 spiro atoms. The highest BCUT2D eigenvalue weighted by molar-refractivity contribution is 5.78. The minimum absolute atomic E-state index is 0.290. The second-order valence-corrected chi connectivity index (χ2v) is 6.36. The maximum Gasteiger partial charge on any atom is 0.223 e. The molecule has 0 saturated carbocycles. The Morgan fingerprint density at radius 1 is 0.955 bits per heavy atom. The van der Waals surface area contributed by atoms with E-state index in [9.17, 15) is 4.79 Å². The number of likely N-dealkylation sites (tertiary alicyclic amines) is 1. The summed E-state index contributed by atoms with van der Waals surface area (Å²) in [7, 11) is 0. The van der Waals surface area contributed by atoms with E-state index in [-0.39, 0.29) is 0 Å². The van der Waals surface area contributed by atoms with Gasteiger partial charge in [0.15, 0.2) is 0 Å². The molecule has 1 fully saturated rings. The molecule has 2 aromatic carbocycles. The molecular formula is C20H23NO. The lowest BCUT2D eigenvalue weighted by atomic mass is 9.87. The maximum atomic E-state index is 12.2. The first-order chi connectivity index (χ1) is 10.6. The summed E-state index contributed by atoms with van der Waals surface area (Å²) in [5.41, 5.74) is 3.76. The number of amides is 1. The first kappa shape index (κ1) is 14.8. The predicted octanol–water partition coefficient (Wildman–Crippen LogP) is 4.47. The van der Waals surface area contributed by atoms with Gasteiger partial charge in [0.1, 0.15) is 0 Å². The van der Waals surface area contributed by atoms with Crippen LogP contribution in [0.25, 0.3) is 11.1 Å². The van der Waals surface area contributed by atoms with Crippen LogP contribution in [0.2, 0.25) is 0 Å². The Kier molecular flexibility index (Phi) is 4.28. The van der Waals surface area contributed by atoms with Crippen molar-refractivity contribution >= 4 is 5.91 Å². The molecule has 0 aromatic heterocycles. The van der Waals surface area contributed by atoms with Crippen LogP contribution in [0.5, 0.6) is 0 Å². The first-order valence-electron chi connectivity index (χ1n) is 8.10. The van der Waals surface area contributed by atoms with Crippen molar-refractivity contribution in [2.75, 3.05) is 6.54 Å². The lowest BCUT2D eigenvalue weighted by Gasteiger charge is -2.34. The smallest absolute Gasteiger partial charge is 0.223 e. The SMILES string of the molecule is CC(C)N1CCC(c2ccc(-c3ccccc3)cc2)CC1=O. The number of carbonyl (C=O) groups is 1. The number of hydrogen-bond acceptors (Lipinski definition) is 1. The van der Waals surface area contributed by atoms with E-state index in [1.807, 2.05) is 11.0 Å². The number of nitrogens with zero attached hydrogens (tertiary/aromatic N) is 1. The third-order valence-corrected chi connectivity index (χ3v) is 4.57. The summed E-state index contributed by atoms with van der Waals surface area (Å²) in [5, 5.41) is 0. The molecule has 0 aliphatic carbocycles. The van der Waals surface area contributed by atoms with E-state index >= 15 is 0 Å². The fraction of sp³-hybridized carbons (Fsp3) is 0.350. The molecule has 2 aromatic rings. The van der Waals surface area contributed by atoms with Crippen LogP contribution < -0.4 is 0 Å². The number of benzene rings is 2. The van der Waals surface area contributed by atoms with Gasteiger partial charge in [0.2, 0.25) is 5.91 Å². The Labute approximate surface area is 132 Å². The van der Waals surface area contributed by atoms with Crippen molar-refractivity contribution in [3.05, 3.63) is 60.2 Å². The Morgan fingerprint density at radius 3 is 2.18 bits per heavy atom. The normalized spacial score (nSPS) is 18.8. The molecule has 1 atom stereocenters. The molecule has 1 amide bonds. The fourth-order valence-electron chi connectivity index (χ4n) is 3.26. The van der Waals surface area contributed by atoms with Crippen molar-refractivity contribution in [3.8, 4) is 11.1 Å². The van der Waals surface area contributed by atoms with E-state index in [1.165, 1.54) is 16.7 Å². The van der Waals surface area contributed by atoms with E-state index in [4.69, 9.17) is 0 Å². The number of carbonyl (C=O) groups excluding carboxylic acids is 1. The predicted molar refractivity (Wildman–Crippen MR) is 90.7 cm³/mol. The quantitative estimate of drug-likeness (QED) is 0.817. The van der Waals surface area contributed by atoms with Gasteiger partial charge in [-0.3, -0.25) is 4.79 Å². The third-order valence-electron chi connectivity index (χ3n) is 4.57. The standard InChI is InChI=1S/C20H23NO/c1-15(2)21-13-12-19(14-20(21)22)18-10-8-17(9-11-18)16-6-4-3-5-7-16/h3-11,15,19H,12-14H2,1-2H3. The van der Waals surface area contributed by atoms with Gasteiger partial charge in [-0.25, -0.2) is 0 Å². The highest BCUT2D eigenvalue weighted by Crippen LogP contribution is 2.31. The van der Waals surface area contributed by atoms with Crippen molar-refractivity contribution in [1.29, 1.82) is 0 Å². The molecule has 0 radical (unpaired) electrons. The van der Waals surface area contributed by atoms with E-state index in [0.29, 0.717) is 24.3 Å². The van der Waals surface area contributed by atoms with Gasteiger partial charge < -0.3 is 4.90 Å². The molecule has 1 aliphatic rings. The summed E-state index contributed by atoms with van der Waals surface area (Å²) in [6, 6.07) is 19.4. The molecule has 22 heavy (non-hydrogen) atoms. The summed E-state index contributed by atoms with van der Waals surface area (Å²) >= 11 is 0. The van der Waals surface area contributed by atoms with Crippen molar-refractivity contribution < 1.29 is 4.79 Å². The van der Waals surface area contributed by atoms with Gasteiger partial charge in [-0.2, -0.15) is 0 Å². The Bertz CT molecular complexity index is 631. The first-order valence-corrected chi connectivity index (χ1v) is 8.10. The van der Waals surface area contributed by atoms with Crippen LogP contribution in [0.1, 0.15) is 38.2 Å². The van der Waals surface area contributed by atoms with Crippen LogP contribution in [0.4, 0.5) is 0 Å². The van der Waals surface area contributed by atoms with Gasteiger partial charge in [-0.05, 0) is 42.9 Å².